The maximum atomic E-state index is 13.4. The highest BCUT2D eigenvalue weighted by atomic mass is 28.3. The lowest BCUT2D eigenvalue weighted by atomic mass is 9.94. The Morgan fingerprint density at radius 1 is 0.808 bits per heavy atom. The van der Waals surface area contributed by atoms with E-state index in [1.54, 1.807) is 0 Å². The summed E-state index contributed by atoms with van der Waals surface area (Å²) in [5.74, 6) is 0.246. The number of hydrogen-bond donors (Lipinski definition) is 0. The molecule has 0 N–H and O–H groups in total. The van der Waals surface area contributed by atoms with Crippen LogP contribution in [-0.2, 0) is 12.8 Å². The topological polar surface area (TPSA) is 23.6 Å². The van der Waals surface area contributed by atoms with Crippen molar-refractivity contribution in [1.29, 1.82) is 0 Å². The van der Waals surface area contributed by atoms with Crippen LogP contribution in [0.4, 0.5) is 11.4 Å². The summed E-state index contributed by atoms with van der Waals surface area (Å²) in [6.45, 7) is 6.98. The predicted octanol–water partition coefficient (Wildman–Crippen LogP) is 2.43. The molecule has 3 aliphatic rings. The average Bonchev–Trinajstić information content (AvgIpc) is 2.99. The number of fused-ring (bicyclic) bond motifs is 4. The van der Waals surface area contributed by atoms with Crippen LogP contribution >= 0.6 is 0 Å². The van der Waals surface area contributed by atoms with E-state index in [0.717, 1.165) is 37.1 Å². The van der Waals surface area contributed by atoms with E-state index < -0.39 is 8.07 Å². The Bertz CT molecular complexity index is 963. The van der Waals surface area contributed by atoms with E-state index in [1.807, 2.05) is 0 Å². The first-order valence-corrected chi connectivity index (χ1v) is 12.7. The quantitative estimate of drug-likeness (QED) is 0.673. The van der Waals surface area contributed by atoms with Gasteiger partial charge >= 0.3 is 0 Å². The van der Waals surface area contributed by atoms with Gasteiger partial charge in [0, 0.05) is 49.7 Å². The van der Waals surface area contributed by atoms with Crippen LogP contribution in [0.15, 0.2) is 24.3 Å². The fourth-order valence-electron chi connectivity index (χ4n) is 5.11. The molecule has 26 heavy (non-hydrogen) atoms. The van der Waals surface area contributed by atoms with Crippen molar-refractivity contribution in [2.24, 2.45) is 0 Å². The fourth-order valence-corrected chi connectivity index (χ4v) is 8.12. The molecule has 3 heterocycles. The van der Waals surface area contributed by atoms with Gasteiger partial charge in [0.2, 0.25) is 0 Å². The molecule has 134 valence electrons. The SMILES string of the molecule is CN1CCCc2cc3c(cc21)[Si](C)(C)c1cc2c(cc1C3=O)CCN2C. The van der Waals surface area contributed by atoms with Crippen LogP contribution < -0.4 is 20.2 Å². The summed E-state index contributed by atoms with van der Waals surface area (Å²) in [7, 11) is 2.43. The van der Waals surface area contributed by atoms with Crippen molar-refractivity contribution in [2.45, 2.75) is 32.4 Å². The average molecular weight is 363 g/mol. The van der Waals surface area contributed by atoms with Crippen LogP contribution in [0.3, 0.4) is 0 Å². The van der Waals surface area contributed by atoms with Crippen LogP contribution in [0.5, 0.6) is 0 Å². The number of aryl methyl sites for hydroxylation is 1. The number of ketones is 1. The molecule has 2 aromatic carbocycles. The van der Waals surface area contributed by atoms with Gasteiger partial charge in [0.1, 0.15) is 8.07 Å². The molecule has 0 spiro atoms. The highest BCUT2D eigenvalue weighted by Crippen LogP contribution is 2.33. The lowest BCUT2D eigenvalue weighted by Crippen LogP contribution is -2.60. The second-order valence-electron chi connectivity index (χ2n) is 8.70. The van der Waals surface area contributed by atoms with E-state index in [0.29, 0.717) is 0 Å². The van der Waals surface area contributed by atoms with Crippen LogP contribution in [0.2, 0.25) is 13.1 Å². The van der Waals surface area contributed by atoms with Gasteiger partial charge in [0.15, 0.2) is 5.78 Å². The van der Waals surface area contributed by atoms with Crippen LogP contribution in [-0.4, -0.2) is 41.0 Å². The number of hydrogen-bond acceptors (Lipinski definition) is 3. The third-order valence-electron chi connectivity index (χ3n) is 6.75. The van der Waals surface area contributed by atoms with Crippen molar-refractivity contribution >= 4 is 35.6 Å². The van der Waals surface area contributed by atoms with E-state index in [9.17, 15) is 4.79 Å². The normalized spacial score (nSPS) is 19.8. The Balaban J connectivity index is 1.76. The van der Waals surface area contributed by atoms with E-state index in [1.165, 1.54) is 39.3 Å². The first kappa shape index (κ1) is 16.1. The Kier molecular flexibility index (Phi) is 3.24. The minimum Gasteiger partial charge on any atom is -0.374 e. The summed E-state index contributed by atoms with van der Waals surface area (Å²) in [6, 6.07) is 9.13. The summed E-state index contributed by atoms with van der Waals surface area (Å²) >= 11 is 0. The second kappa shape index (κ2) is 5.23. The van der Waals surface area contributed by atoms with Gasteiger partial charge in [-0.1, -0.05) is 13.1 Å². The molecule has 0 amide bonds. The number of anilines is 2. The van der Waals surface area contributed by atoms with Crippen molar-refractivity contribution in [3.63, 3.8) is 0 Å². The summed E-state index contributed by atoms with van der Waals surface area (Å²) in [5, 5.41) is 2.64. The summed E-state index contributed by atoms with van der Waals surface area (Å²) in [4.78, 5) is 18.1. The molecule has 3 aliphatic heterocycles. The van der Waals surface area contributed by atoms with Crippen molar-refractivity contribution < 1.29 is 4.79 Å². The molecule has 0 radical (unpaired) electrons. The monoisotopic (exact) mass is 362 g/mol. The lowest BCUT2D eigenvalue weighted by Gasteiger charge is -2.36. The zero-order chi connectivity index (χ0) is 18.2. The molecule has 0 aliphatic carbocycles. The first-order chi connectivity index (χ1) is 12.4. The van der Waals surface area contributed by atoms with Crippen molar-refractivity contribution in [3.05, 3.63) is 46.5 Å². The van der Waals surface area contributed by atoms with Crippen LogP contribution in [0.25, 0.3) is 0 Å². The smallest absolute Gasteiger partial charge is 0.192 e. The molecule has 3 nitrogen and oxygen atoms in total. The van der Waals surface area contributed by atoms with Gasteiger partial charge in [0.05, 0.1) is 0 Å². The van der Waals surface area contributed by atoms with Gasteiger partial charge in [-0.25, -0.2) is 0 Å². The van der Waals surface area contributed by atoms with Gasteiger partial charge in [-0.2, -0.15) is 0 Å². The zero-order valence-corrected chi connectivity index (χ0v) is 17.1. The highest BCUT2D eigenvalue weighted by Gasteiger charge is 2.41. The molecule has 0 saturated heterocycles. The second-order valence-corrected chi connectivity index (χ2v) is 13.0. The Morgan fingerprint density at radius 3 is 1.96 bits per heavy atom. The predicted molar refractivity (Wildman–Crippen MR) is 112 cm³/mol. The largest absolute Gasteiger partial charge is 0.374 e. The minimum absolute atomic E-state index is 0.246. The Hall–Kier alpha value is -2.07. The zero-order valence-electron chi connectivity index (χ0n) is 16.1. The first-order valence-electron chi connectivity index (χ1n) is 9.69. The molecule has 4 heteroatoms. The molecule has 0 bridgehead atoms. The number of carbonyl (C=O) groups is 1. The van der Waals surface area contributed by atoms with E-state index in [2.05, 4.69) is 61.3 Å². The molecular formula is C22H26N2OSi. The van der Waals surface area contributed by atoms with E-state index in [-0.39, 0.29) is 5.78 Å². The van der Waals surface area contributed by atoms with E-state index >= 15 is 0 Å². The summed E-state index contributed by atoms with van der Waals surface area (Å²) in [5.41, 5.74) is 7.31. The van der Waals surface area contributed by atoms with Crippen molar-refractivity contribution in [3.8, 4) is 0 Å². The van der Waals surface area contributed by atoms with E-state index in [4.69, 9.17) is 0 Å². The molecule has 0 fully saturated rings. The maximum absolute atomic E-state index is 13.4. The molecule has 5 rings (SSSR count). The summed E-state index contributed by atoms with van der Waals surface area (Å²) in [6.07, 6.45) is 3.31. The van der Waals surface area contributed by atoms with Crippen molar-refractivity contribution in [1.82, 2.24) is 0 Å². The third kappa shape index (κ3) is 2.02. The minimum atomic E-state index is -1.91. The van der Waals surface area contributed by atoms with Gasteiger partial charge in [-0.3, -0.25) is 4.79 Å². The van der Waals surface area contributed by atoms with Gasteiger partial charge in [-0.05, 0) is 65.0 Å². The number of benzene rings is 2. The van der Waals surface area contributed by atoms with Gasteiger partial charge < -0.3 is 9.80 Å². The molecule has 0 atom stereocenters. The lowest BCUT2D eigenvalue weighted by molar-refractivity contribution is 0.104. The maximum Gasteiger partial charge on any atom is 0.192 e. The Labute approximate surface area is 156 Å². The molecular weight excluding hydrogens is 336 g/mol. The molecule has 0 unspecified atom stereocenters. The number of rotatable bonds is 0. The van der Waals surface area contributed by atoms with Crippen LogP contribution in [0.1, 0.15) is 33.5 Å². The molecule has 2 aromatic rings. The molecule has 0 aromatic heterocycles. The fraction of sp³-hybridized carbons (Fsp3) is 0.409. The standard InChI is InChI=1S/C22H26N2OSi/c1-23-8-5-6-14-10-16-20(12-18(14)23)26(3,4)21-13-19-15(7-9-24(19)2)11-17(21)22(16)25/h10-13H,5-9H2,1-4H3. The molecule has 0 saturated carbocycles. The van der Waals surface area contributed by atoms with Crippen LogP contribution in [0, 0.1) is 0 Å². The van der Waals surface area contributed by atoms with Crippen molar-refractivity contribution in [2.75, 3.05) is 37.0 Å². The summed E-state index contributed by atoms with van der Waals surface area (Å²) < 4.78 is 0. The third-order valence-corrected chi connectivity index (χ3v) is 10.3. The number of likely N-dealkylation sites (N-methyl/N-ethyl adjacent to an activating group) is 1. The Morgan fingerprint density at radius 2 is 1.35 bits per heavy atom. The van der Waals surface area contributed by atoms with Gasteiger partial charge in [-0.15, -0.1) is 0 Å². The highest BCUT2D eigenvalue weighted by molar-refractivity contribution is 7.02. The van der Waals surface area contributed by atoms with Gasteiger partial charge in [0.25, 0.3) is 0 Å². The number of nitrogens with zero attached hydrogens (tertiary/aromatic N) is 2. The number of carbonyl (C=O) groups excluding carboxylic acids is 1.